The van der Waals surface area contributed by atoms with Gasteiger partial charge in [0, 0.05) is 24.3 Å². The van der Waals surface area contributed by atoms with Gasteiger partial charge in [-0.1, -0.05) is 24.3 Å². The zero-order valence-corrected chi connectivity index (χ0v) is 11.7. The van der Waals surface area contributed by atoms with Crippen LogP contribution >= 0.6 is 0 Å². The van der Waals surface area contributed by atoms with Gasteiger partial charge in [-0.3, -0.25) is 4.98 Å². The molecule has 4 heteroatoms. The van der Waals surface area contributed by atoms with Crippen molar-refractivity contribution in [3.05, 3.63) is 65.5 Å². The minimum absolute atomic E-state index is 0.583. The number of aryl methyl sites for hydroxylation is 1. The predicted octanol–water partition coefficient (Wildman–Crippen LogP) is 3.42. The van der Waals surface area contributed by atoms with Gasteiger partial charge >= 0.3 is 0 Å². The average molecular weight is 274 g/mol. The van der Waals surface area contributed by atoms with Crippen molar-refractivity contribution in [3.63, 3.8) is 0 Å². The van der Waals surface area contributed by atoms with Crippen LogP contribution in [0.4, 0.5) is 5.82 Å². The van der Waals surface area contributed by atoms with Crippen molar-refractivity contribution >= 4 is 16.7 Å². The molecule has 0 saturated heterocycles. The molecule has 0 aliphatic carbocycles. The van der Waals surface area contributed by atoms with E-state index in [1.165, 1.54) is 0 Å². The summed E-state index contributed by atoms with van der Waals surface area (Å²) in [4.78, 5) is 8.68. The number of nitrogens with one attached hydrogen (secondary N) is 1. The number of nitrogens with zero attached hydrogens (tertiary/aromatic N) is 3. The lowest BCUT2D eigenvalue weighted by Crippen LogP contribution is -2.05. The molecule has 21 heavy (non-hydrogen) atoms. The van der Waals surface area contributed by atoms with Crippen LogP contribution in [0, 0.1) is 18.3 Å². The lowest BCUT2D eigenvalue weighted by atomic mass is 10.1. The van der Waals surface area contributed by atoms with E-state index in [-0.39, 0.29) is 0 Å². The number of pyridine rings is 2. The highest BCUT2D eigenvalue weighted by Gasteiger charge is 2.07. The Hall–Kier alpha value is -2.93. The number of nitriles is 1. The van der Waals surface area contributed by atoms with Crippen molar-refractivity contribution in [2.45, 2.75) is 13.5 Å². The molecule has 0 unspecified atom stereocenters. The first kappa shape index (κ1) is 13.1. The van der Waals surface area contributed by atoms with Gasteiger partial charge in [0.15, 0.2) is 0 Å². The highest BCUT2D eigenvalue weighted by Crippen LogP contribution is 2.19. The molecule has 3 aromatic rings. The first-order chi connectivity index (χ1) is 10.3. The maximum Gasteiger partial charge on any atom is 0.144 e. The SMILES string of the molecule is Cc1ccnc(NCc2cccc3cccnc23)c1C#N. The molecule has 102 valence electrons. The van der Waals surface area contributed by atoms with E-state index in [1.807, 2.05) is 43.3 Å². The van der Waals surface area contributed by atoms with Crippen LogP contribution in [-0.2, 0) is 6.54 Å². The van der Waals surface area contributed by atoms with E-state index >= 15 is 0 Å². The topological polar surface area (TPSA) is 61.6 Å². The Balaban J connectivity index is 1.91. The summed E-state index contributed by atoms with van der Waals surface area (Å²) >= 11 is 0. The van der Waals surface area contributed by atoms with Crippen molar-refractivity contribution < 1.29 is 0 Å². The summed E-state index contributed by atoms with van der Waals surface area (Å²) < 4.78 is 0. The van der Waals surface area contributed by atoms with E-state index < -0.39 is 0 Å². The highest BCUT2D eigenvalue weighted by molar-refractivity contribution is 5.81. The first-order valence-electron chi connectivity index (χ1n) is 6.72. The highest BCUT2D eigenvalue weighted by atomic mass is 15.0. The second-order valence-electron chi connectivity index (χ2n) is 4.81. The van der Waals surface area contributed by atoms with Crippen LogP contribution in [0.3, 0.4) is 0 Å². The molecule has 4 nitrogen and oxygen atoms in total. The Morgan fingerprint density at radius 2 is 1.95 bits per heavy atom. The third kappa shape index (κ3) is 2.54. The van der Waals surface area contributed by atoms with Gasteiger partial charge in [-0.25, -0.2) is 4.98 Å². The fraction of sp³-hybridized carbons (Fsp3) is 0.118. The van der Waals surface area contributed by atoms with Gasteiger partial charge in [-0.2, -0.15) is 5.26 Å². The van der Waals surface area contributed by atoms with E-state index in [0.29, 0.717) is 17.9 Å². The standard InChI is InChI=1S/C17H14N4/c1-12-7-9-20-17(15(12)10-18)21-11-14-5-2-4-13-6-3-8-19-16(13)14/h2-9H,11H2,1H3,(H,20,21). The minimum atomic E-state index is 0.583. The van der Waals surface area contributed by atoms with Crippen LogP contribution in [0.15, 0.2) is 48.8 Å². The molecular weight excluding hydrogens is 260 g/mol. The number of fused-ring (bicyclic) bond motifs is 1. The average Bonchev–Trinajstić information content (AvgIpc) is 2.53. The van der Waals surface area contributed by atoms with Gasteiger partial charge in [-0.05, 0) is 30.2 Å². The van der Waals surface area contributed by atoms with Crippen LogP contribution in [0.25, 0.3) is 10.9 Å². The molecule has 0 fully saturated rings. The van der Waals surface area contributed by atoms with E-state index in [0.717, 1.165) is 22.0 Å². The van der Waals surface area contributed by atoms with E-state index in [1.54, 1.807) is 12.4 Å². The number of aromatic nitrogens is 2. The van der Waals surface area contributed by atoms with E-state index in [9.17, 15) is 5.26 Å². The number of anilines is 1. The summed E-state index contributed by atoms with van der Waals surface area (Å²) in [6.45, 7) is 2.49. The molecular formula is C17H14N4. The Kier molecular flexibility index (Phi) is 3.48. The quantitative estimate of drug-likeness (QED) is 0.795. The molecule has 0 bridgehead atoms. The van der Waals surface area contributed by atoms with Crippen molar-refractivity contribution in [1.82, 2.24) is 9.97 Å². The molecule has 0 aliphatic heterocycles. The Labute approximate surface area is 123 Å². The number of para-hydroxylation sites is 1. The molecule has 3 rings (SSSR count). The maximum absolute atomic E-state index is 9.23. The van der Waals surface area contributed by atoms with Gasteiger partial charge in [-0.15, -0.1) is 0 Å². The smallest absolute Gasteiger partial charge is 0.144 e. The summed E-state index contributed by atoms with van der Waals surface area (Å²) in [5.74, 6) is 0.616. The molecule has 2 heterocycles. The van der Waals surface area contributed by atoms with Crippen molar-refractivity contribution in [1.29, 1.82) is 5.26 Å². The lowest BCUT2D eigenvalue weighted by Gasteiger charge is -2.10. The fourth-order valence-corrected chi connectivity index (χ4v) is 2.32. The van der Waals surface area contributed by atoms with Gasteiger partial charge in [0.25, 0.3) is 0 Å². The van der Waals surface area contributed by atoms with Crippen LogP contribution in [-0.4, -0.2) is 9.97 Å². The first-order valence-corrected chi connectivity index (χ1v) is 6.72. The van der Waals surface area contributed by atoms with Gasteiger partial charge in [0.05, 0.1) is 11.1 Å². The fourth-order valence-electron chi connectivity index (χ4n) is 2.32. The molecule has 0 atom stereocenters. The summed E-state index contributed by atoms with van der Waals surface area (Å²) in [6.07, 6.45) is 3.50. The summed E-state index contributed by atoms with van der Waals surface area (Å²) in [7, 11) is 0. The normalized spacial score (nSPS) is 10.3. The number of benzene rings is 1. The number of hydrogen-bond acceptors (Lipinski definition) is 4. The Morgan fingerprint density at radius 3 is 2.81 bits per heavy atom. The largest absolute Gasteiger partial charge is 0.365 e. The summed E-state index contributed by atoms with van der Waals surface area (Å²) in [6, 6.07) is 14.1. The number of rotatable bonds is 3. The van der Waals surface area contributed by atoms with Gasteiger partial charge < -0.3 is 5.32 Å². The molecule has 1 aromatic carbocycles. The van der Waals surface area contributed by atoms with Crippen molar-refractivity contribution in [2.75, 3.05) is 5.32 Å². The van der Waals surface area contributed by atoms with Crippen LogP contribution < -0.4 is 5.32 Å². The molecule has 0 aliphatic rings. The second kappa shape index (κ2) is 5.59. The Morgan fingerprint density at radius 1 is 1.10 bits per heavy atom. The Bertz CT molecular complexity index is 828. The monoisotopic (exact) mass is 274 g/mol. The molecule has 0 saturated carbocycles. The second-order valence-corrected chi connectivity index (χ2v) is 4.81. The lowest BCUT2D eigenvalue weighted by molar-refractivity contribution is 1.10. The van der Waals surface area contributed by atoms with Crippen LogP contribution in [0.5, 0.6) is 0 Å². The number of hydrogen-bond donors (Lipinski definition) is 1. The molecule has 0 radical (unpaired) electrons. The molecule has 1 N–H and O–H groups in total. The summed E-state index contributed by atoms with van der Waals surface area (Å²) in [5.41, 5.74) is 3.57. The van der Waals surface area contributed by atoms with E-state index in [2.05, 4.69) is 21.4 Å². The van der Waals surface area contributed by atoms with Crippen LogP contribution in [0.2, 0.25) is 0 Å². The third-order valence-corrected chi connectivity index (χ3v) is 3.43. The maximum atomic E-state index is 9.23. The van der Waals surface area contributed by atoms with E-state index in [4.69, 9.17) is 0 Å². The zero-order valence-electron chi connectivity index (χ0n) is 11.7. The minimum Gasteiger partial charge on any atom is -0.365 e. The van der Waals surface area contributed by atoms with Crippen LogP contribution in [0.1, 0.15) is 16.7 Å². The molecule has 0 amide bonds. The third-order valence-electron chi connectivity index (χ3n) is 3.43. The molecule has 2 aromatic heterocycles. The summed E-state index contributed by atoms with van der Waals surface area (Å²) in [5, 5.41) is 13.6. The molecule has 0 spiro atoms. The van der Waals surface area contributed by atoms with Gasteiger partial charge in [0.2, 0.25) is 0 Å². The predicted molar refractivity (Wildman–Crippen MR) is 82.8 cm³/mol. The van der Waals surface area contributed by atoms with Crippen molar-refractivity contribution in [2.24, 2.45) is 0 Å². The van der Waals surface area contributed by atoms with Gasteiger partial charge in [0.1, 0.15) is 11.9 Å². The van der Waals surface area contributed by atoms with Crippen molar-refractivity contribution in [3.8, 4) is 6.07 Å². The zero-order chi connectivity index (χ0) is 14.7.